The van der Waals surface area contributed by atoms with E-state index in [-0.39, 0.29) is 17.3 Å². The summed E-state index contributed by atoms with van der Waals surface area (Å²) in [4.78, 5) is 39.5. The van der Waals surface area contributed by atoms with E-state index in [9.17, 15) is 14.4 Å². The molecule has 1 atom stereocenters. The maximum absolute atomic E-state index is 12.8. The number of benzene rings is 1. The molecule has 4 heteroatoms. The summed E-state index contributed by atoms with van der Waals surface area (Å²) in [5.74, 6) is -2.60. The van der Waals surface area contributed by atoms with Crippen LogP contribution < -0.4 is 0 Å². The quantitative estimate of drug-likeness (QED) is 0.654. The van der Waals surface area contributed by atoms with E-state index in [1.54, 1.807) is 42.6 Å². The molecule has 1 aromatic carbocycles. The lowest BCUT2D eigenvalue weighted by atomic mass is 9.79. The first-order valence-electron chi connectivity index (χ1n) is 6.76. The standard InChI is InChI=1S/C17H17NO3/c1-11(19)15(12(2)20)16(14-9-6-10-18-14)17(21)13-7-4-3-5-8-13/h3-10,15-16,18H,1-2H3. The van der Waals surface area contributed by atoms with Crippen LogP contribution in [-0.2, 0) is 9.59 Å². The van der Waals surface area contributed by atoms with Gasteiger partial charge in [-0.15, -0.1) is 0 Å². The molecule has 0 aliphatic heterocycles. The highest BCUT2D eigenvalue weighted by molar-refractivity contribution is 6.10. The van der Waals surface area contributed by atoms with Crippen molar-refractivity contribution in [3.63, 3.8) is 0 Å². The Morgan fingerprint density at radius 2 is 1.52 bits per heavy atom. The van der Waals surface area contributed by atoms with E-state index < -0.39 is 11.8 Å². The van der Waals surface area contributed by atoms with E-state index in [2.05, 4.69) is 4.98 Å². The zero-order valence-electron chi connectivity index (χ0n) is 12.0. The van der Waals surface area contributed by atoms with Crippen molar-refractivity contribution in [2.24, 2.45) is 5.92 Å². The molecule has 4 nitrogen and oxygen atoms in total. The molecule has 2 aromatic rings. The highest BCUT2D eigenvalue weighted by atomic mass is 16.2. The first kappa shape index (κ1) is 14.9. The van der Waals surface area contributed by atoms with Gasteiger partial charge in [-0.3, -0.25) is 14.4 Å². The maximum atomic E-state index is 12.8. The van der Waals surface area contributed by atoms with E-state index in [1.807, 2.05) is 6.07 Å². The number of ketones is 3. The molecular formula is C17H17NO3. The zero-order chi connectivity index (χ0) is 15.4. The van der Waals surface area contributed by atoms with Gasteiger partial charge in [0.2, 0.25) is 0 Å². The van der Waals surface area contributed by atoms with E-state index in [0.29, 0.717) is 11.3 Å². The molecular weight excluding hydrogens is 266 g/mol. The van der Waals surface area contributed by atoms with Gasteiger partial charge in [0, 0.05) is 17.5 Å². The third-order valence-corrected chi connectivity index (χ3v) is 3.51. The normalized spacial score (nSPS) is 12.1. The molecule has 0 radical (unpaired) electrons. The Labute approximate surface area is 123 Å². The number of Topliss-reactive ketones (excluding diaryl/α,β-unsaturated/α-hetero) is 3. The second-order valence-corrected chi connectivity index (χ2v) is 5.03. The lowest BCUT2D eigenvalue weighted by molar-refractivity contribution is -0.130. The van der Waals surface area contributed by atoms with Crippen LogP contribution in [-0.4, -0.2) is 22.3 Å². The van der Waals surface area contributed by atoms with Crippen molar-refractivity contribution in [1.82, 2.24) is 4.98 Å². The maximum Gasteiger partial charge on any atom is 0.172 e. The fourth-order valence-corrected chi connectivity index (χ4v) is 2.55. The molecule has 1 aromatic heterocycles. The van der Waals surface area contributed by atoms with Crippen LogP contribution in [0, 0.1) is 5.92 Å². The number of carbonyl (C=O) groups is 3. The van der Waals surface area contributed by atoms with Gasteiger partial charge in [0.1, 0.15) is 11.6 Å². The summed E-state index contributed by atoms with van der Waals surface area (Å²) in [5.41, 5.74) is 1.07. The second-order valence-electron chi connectivity index (χ2n) is 5.03. The number of rotatable bonds is 6. The number of H-pyrrole nitrogens is 1. The van der Waals surface area contributed by atoms with Crippen molar-refractivity contribution < 1.29 is 14.4 Å². The Hall–Kier alpha value is -2.49. The molecule has 0 saturated carbocycles. The third-order valence-electron chi connectivity index (χ3n) is 3.51. The average Bonchev–Trinajstić information content (AvgIpc) is 2.97. The van der Waals surface area contributed by atoms with Gasteiger partial charge in [0.25, 0.3) is 0 Å². The molecule has 2 rings (SSSR count). The van der Waals surface area contributed by atoms with Crippen LogP contribution in [0.25, 0.3) is 0 Å². The zero-order valence-corrected chi connectivity index (χ0v) is 12.0. The minimum atomic E-state index is -0.962. The van der Waals surface area contributed by atoms with Crippen LogP contribution in [0.1, 0.15) is 35.8 Å². The average molecular weight is 283 g/mol. The van der Waals surface area contributed by atoms with E-state index in [1.165, 1.54) is 13.8 Å². The molecule has 1 unspecified atom stereocenters. The van der Waals surface area contributed by atoms with Crippen molar-refractivity contribution in [1.29, 1.82) is 0 Å². The predicted octanol–water partition coefficient (Wildman–Crippen LogP) is 2.78. The Morgan fingerprint density at radius 3 is 2.00 bits per heavy atom. The Kier molecular flexibility index (Phi) is 4.48. The fraction of sp³-hybridized carbons (Fsp3) is 0.235. The minimum Gasteiger partial charge on any atom is -0.364 e. The van der Waals surface area contributed by atoms with Crippen LogP contribution in [0.5, 0.6) is 0 Å². The molecule has 108 valence electrons. The number of hydrogen-bond donors (Lipinski definition) is 1. The Bertz CT molecular complexity index is 630. The Balaban J connectivity index is 2.49. The van der Waals surface area contributed by atoms with Gasteiger partial charge in [-0.2, -0.15) is 0 Å². The molecule has 0 amide bonds. The summed E-state index contributed by atoms with van der Waals surface area (Å²) in [6.07, 6.45) is 1.68. The smallest absolute Gasteiger partial charge is 0.172 e. The number of aromatic amines is 1. The van der Waals surface area contributed by atoms with Crippen molar-refractivity contribution in [3.05, 3.63) is 59.9 Å². The number of carbonyl (C=O) groups excluding carboxylic acids is 3. The van der Waals surface area contributed by atoms with Crippen molar-refractivity contribution >= 4 is 17.3 Å². The molecule has 0 fully saturated rings. The molecule has 1 heterocycles. The summed E-state index contributed by atoms with van der Waals surface area (Å²) in [7, 11) is 0. The summed E-state index contributed by atoms with van der Waals surface area (Å²) in [6, 6.07) is 12.2. The van der Waals surface area contributed by atoms with Crippen LogP contribution in [0.4, 0.5) is 0 Å². The molecule has 0 spiro atoms. The van der Waals surface area contributed by atoms with Crippen molar-refractivity contribution in [2.45, 2.75) is 19.8 Å². The summed E-state index contributed by atoms with van der Waals surface area (Å²) in [6.45, 7) is 2.70. The monoisotopic (exact) mass is 283 g/mol. The van der Waals surface area contributed by atoms with Crippen LogP contribution in [0.2, 0.25) is 0 Å². The van der Waals surface area contributed by atoms with Gasteiger partial charge in [-0.1, -0.05) is 30.3 Å². The lowest BCUT2D eigenvalue weighted by Crippen LogP contribution is -2.32. The van der Waals surface area contributed by atoms with Gasteiger partial charge < -0.3 is 4.98 Å². The van der Waals surface area contributed by atoms with Gasteiger partial charge in [0.15, 0.2) is 5.78 Å². The topological polar surface area (TPSA) is 67.0 Å². The summed E-state index contributed by atoms with van der Waals surface area (Å²) >= 11 is 0. The van der Waals surface area contributed by atoms with Gasteiger partial charge in [-0.05, 0) is 26.0 Å². The largest absolute Gasteiger partial charge is 0.364 e. The number of aromatic nitrogens is 1. The van der Waals surface area contributed by atoms with Crippen LogP contribution in [0.3, 0.4) is 0 Å². The van der Waals surface area contributed by atoms with Crippen molar-refractivity contribution in [2.75, 3.05) is 0 Å². The van der Waals surface area contributed by atoms with Gasteiger partial charge >= 0.3 is 0 Å². The molecule has 0 bridgehead atoms. The van der Waals surface area contributed by atoms with Crippen LogP contribution >= 0.6 is 0 Å². The highest BCUT2D eigenvalue weighted by Crippen LogP contribution is 2.29. The van der Waals surface area contributed by atoms with E-state index >= 15 is 0 Å². The summed E-state index contributed by atoms with van der Waals surface area (Å²) in [5, 5.41) is 0. The highest BCUT2D eigenvalue weighted by Gasteiger charge is 2.37. The summed E-state index contributed by atoms with van der Waals surface area (Å²) < 4.78 is 0. The van der Waals surface area contributed by atoms with E-state index in [4.69, 9.17) is 0 Å². The second kappa shape index (κ2) is 6.31. The third kappa shape index (κ3) is 3.16. The predicted molar refractivity (Wildman–Crippen MR) is 79.2 cm³/mol. The number of hydrogen-bond acceptors (Lipinski definition) is 3. The molecule has 1 N–H and O–H groups in total. The van der Waals surface area contributed by atoms with E-state index in [0.717, 1.165) is 0 Å². The van der Waals surface area contributed by atoms with Crippen molar-refractivity contribution in [3.8, 4) is 0 Å². The van der Waals surface area contributed by atoms with Gasteiger partial charge in [0.05, 0.1) is 11.8 Å². The molecule has 0 saturated heterocycles. The fourth-order valence-electron chi connectivity index (χ4n) is 2.55. The van der Waals surface area contributed by atoms with Gasteiger partial charge in [-0.25, -0.2) is 0 Å². The lowest BCUT2D eigenvalue weighted by Gasteiger charge is -2.21. The molecule has 0 aliphatic carbocycles. The van der Waals surface area contributed by atoms with Crippen LogP contribution in [0.15, 0.2) is 48.7 Å². The molecule has 0 aliphatic rings. The minimum absolute atomic E-state index is 0.228. The molecule has 21 heavy (non-hydrogen) atoms. The SMILES string of the molecule is CC(=O)C(C(C)=O)C(C(=O)c1ccccc1)c1ccc[nH]1. The number of nitrogens with one attached hydrogen (secondary N) is 1. The first-order chi connectivity index (χ1) is 10.0. The first-order valence-corrected chi connectivity index (χ1v) is 6.76. The Morgan fingerprint density at radius 1 is 0.905 bits per heavy atom.